The average molecular weight is 272 g/mol. The Balaban J connectivity index is 1.95. The van der Waals surface area contributed by atoms with Crippen molar-refractivity contribution in [1.29, 1.82) is 0 Å². The third-order valence-electron chi connectivity index (χ3n) is 3.57. The molecule has 2 unspecified atom stereocenters. The third-order valence-corrected chi connectivity index (χ3v) is 4.21. The first-order valence-electron chi connectivity index (χ1n) is 6.30. The molecule has 3 heteroatoms. The van der Waals surface area contributed by atoms with Crippen LogP contribution >= 0.6 is 23.2 Å². The van der Waals surface area contributed by atoms with Gasteiger partial charge in [0.1, 0.15) is 0 Å². The lowest BCUT2D eigenvalue weighted by atomic mass is 10.0. The minimum atomic E-state index is 0.0628. The lowest BCUT2D eigenvalue weighted by Gasteiger charge is -2.34. The SMILES string of the molecule is CC1CCCCN1CC(Cl)c1ccc(Cl)cc1. The molecule has 0 aliphatic carbocycles. The number of hydrogen-bond donors (Lipinski definition) is 0. The fraction of sp³-hybridized carbons (Fsp3) is 0.571. The van der Waals surface area contributed by atoms with E-state index in [0.717, 1.165) is 17.1 Å². The fourth-order valence-electron chi connectivity index (χ4n) is 2.41. The van der Waals surface area contributed by atoms with Crippen molar-refractivity contribution in [2.75, 3.05) is 13.1 Å². The monoisotopic (exact) mass is 271 g/mol. The second-order valence-electron chi connectivity index (χ2n) is 4.86. The largest absolute Gasteiger partial charge is 0.299 e. The maximum absolute atomic E-state index is 6.47. The van der Waals surface area contributed by atoms with Gasteiger partial charge in [0.25, 0.3) is 0 Å². The molecule has 0 amide bonds. The van der Waals surface area contributed by atoms with Crippen LogP contribution in [-0.4, -0.2) is 24.0 Å². The van der Waals surface area contributed by atoms with E-state index in [0.29, 0.717) is 6.04 Å². The molecule has 1 fully saturated rings. The van der Waals surface area contributed by atoms with Crippen molar-refractivity contribution in [3.8, 4) is 0 Å². The van der Waals surface area contributed by atoms with Crippen LogP contribution in [0, 0.1) is 0 Å². The van der Waals surface area contributed by atoms with Gasteiger partial charge in [-0.15, -0.1) is 11.6 Å². The number of rotatable bonds is 3. The van der Waals surface area contributed by atoms with E-state index >= 15 is 0 Å². The van der Waals surface area contributed by atoms with Gasteiger partial charge in [0.15, 0.2) is 0 Å². The molecule has 1 aromatic rings. The number of likely N-dealkylation sites (tertiary alicyclic amines) is 1. The van der Waals surface area contributed by atoms with E-state index in [2.05, 4.69) is 11.8 Å². The number of piperidine rings is 1. The van der Waals surface area contributed by atoms with Gasteiger partial charge >= 0.3 is 0 Å². The number of halogens is 2. The third kappa shape index (κ3) is 3.61. The van der Waals surface area contributed by atoms with Gasteiger partial charge < -0.3 is 0 Å². The van der Waals surface area contributed by atoms with Gasteiger partial charge in [0.05, 0.1) is 5.38 Å². The summed E-state index contributed by atoms with van der Waals surface area (Å²) >= 11 is 12.4. The summed E-state index contributed by atoms with van der Waals surface area (Å²) < 4.78 is 0. The molecule has 2 atom stereocenters. The summed E-state index contributed by atoms with van der Waals surface area (Å²) in [6, 6.07) is 8.53. The second kappa shape index (κ2) is 6.08. The van der Waals surface area contributed by atoms with Crippen LogP contribution in [0.1, 0.15) is 37.1 Å². The van der Waals surface area contributed by atoms with E-state index in [1.165, 1.54) is 25.8 Å². The van der Waals surface area contributed by atoms with Crippen molar-refractivity contribution in [3.05, 3.63) is 34.9 Å². The van der Waals surface area contributed by atoms with E-state index in [1.54, 1.807) is 0 Å². The summed E-state index contributed by atoms with van der Waals surface area (Å²) in [6.07, 6.45) is 3.95. The van der Waals surface area contributed by atoms with E-state index in [-0.39, 0.29) is 5.38 Å². The fourth-order valence-corrected chi connectivity index (χ4v) is 2.86. The number of alkyl halides is 1. The van der Waals surface area contributed by atoms with Crippen molar-refractivity contribution in [3.63, 3.8) is 0 Å². The predicted octanol–water partition coefficient (Wildman–Crippen LogP) is 4.49. The summed E-state index contributed by atoms with van der Waals surface area (Å²) in [6.45, 7) is 4.41. The zero-order valence-corrected chi connectivity index (χ0v) is 11.7. The summed E-state index contributed by atoms with van der Waals surface area (Å²) in [5, 5.41) is 0.830. The highest BCUT2D eigenvalue weighted by Gasteiger charge is 2.21. The van der Waals surface area contributed by atoms with Crippen LogP contribution in [0.25, 0.3) is 0 Å². The van der Waals surface area contributed by atoms with Crippen LogP contribution < -0.4 is 0 Å². The number of benzene rings is 1. The highest BCUT2D eigenvalue weighted by Crippen LogP contribution is 2.26. The molecule has 1 aliphatic rings. The zero-order valence-electron chi connectivity index (χ0n) is 10.2. The summed E-state index contributed by atoms with van der Waals surface area (Å²) in [5.74, 6) is 0. The molecule has 0 bridgehead atoms. The molecule has 17 heavy (non-hydrogen) atoms. The van der Waals surface area contributed by atoms with Gasteiger partial charge in [-0.3, -0.25) is 4.90 Å². The van der Waals surface area contributed by atoms with Crippen LogP contribution in [0.15, 0.2) is 24.3 Å². The lowest BCUT2D eigenvalue weighted by Crippen LogP contribution is -2.39. The Hall–Kier alpha value is -0.240. The molecule has 1 nitrogen and oxygen atoms in total. The summed E-state index contributed by atoms with van der Waals surface area (Å²) in [7, 11) is 0. The Labute approximate surface area is 114 Å². The normalized spacial score (nSPS) is 23.6. The minimum Gasteiger partial charge on any atom is -0.299 e. The molecule has 0 N–H and O–H groups in total. The molecule has 2 rings (SSSR count). The van der Waals surface area contributed by atoms with Gasteiger partial charge in [0, 0.05) is 17.6 Å². The highest BCUT2D eigenvalue weighted by atomic mass is 35.5. The van der Waals surface area contributed by atoms with Crippen LogP contribution in [-0.2, 0) is 0 Å². The molecule has 0 spiro atoms. The first-order chi connectivity index (χ1) is 8.16. The number of hydrogen-bond acceptors (Lipinski definition) is 1. The van der Waals surface area contributed by atoms with Crippen molar-refractivity contribution in [1.82, 2.24) is 4.90 Å². The Morgan fingerprint density at radius 2 is 2.00 bits per heavy atom. The second-order valence-corrected chi connectivity index (χ2v) is 5.82. The van der Waals surface area contributed by atoms with E-state index in [4.69, 9.17) is 23.2 Å². The minimum absolute atomic E-state index is 0.0628. The van der Waals surface area contributed by atoms with Gasteiger partial charge in [-0.2, -0.15) is 0 Å². The maximum Gasteiger partial charge on any atom is 0.0712 e. The molecule has 1 aliphatic heterocycles. The summed E-state index contributed by atoms with van der Waals surface area (Å²) in [4.78, 5) is 2.50. The molecule has 0 aromatic heterocycles. The van der Waals surface area contributed by atoms with E-state index in [1.807, 2.05) is 24.3 Å². The standard InChI is InChI=1S/C14H19Cl2N/c1-11-4-2-3-9-17(11)10-14(16)12-5-7-13(15)8-6-12/h5-8,11,14H,2-4,9-10H2,1H3. The van der Waals surface area contributed by atoms with Gasteiger partial charge in [0.2, 0.25) is 0 Å². The number of nitrogens with zero attached hydrogens (tertiary/aromatic N) is 1. The molecule has 1 heterocycles. The van der Waals surface area contributed by atoms with Crippen molar-refractivity contribution >= 4 is 23.2 Å². The quantitative estimate of drug-likeness (QED) is 0.732. The van der Waals surface area contributed by atoms with Gasteiger partial charge in [-0.05, 0) is 44.0 Å². The smallest absolute Gasteiger partial charge is 0.0712 e. The van der Waals surface area contributed by atoms with Gasteiger partial charge in [-0.25, -0.2) is 0 Å². The lowest BCUT2D eigenvalue weighted by molar-refractivity contribution is 0.161. The molecule has 94 valence electrons. The molecule has 0 radical (unpaired) electrons. The first kappa shape index (κ1) is 13.2. The van der Waals surface area contributed by atoms with Crippen LogP contribution in [0.2, 0.25) is 5.02 Å². The van der Waals surface area contributed by atoms with Crippen molar-refractivity contribution in [2.24, 2.45) is 0 Å². The van der Waals surface area contributed by atoms with Crippen molar-refractivity contribution in [2.45, 2.75) is 37.6 Å². The van der Waals surface area contributed by atoms with E-state index in [9.17, 15) is 0 Å². The molecule has 1 aromatic carbocycles. The highest BCUT2D eigenvalue weighted by molar-refractivity contribution is 6.30. The topological polar surface area (TPSA) is 3.24 Å². The van der Waals surface area contributed by atoms with Gasteiger partial charge in [-0.1, -0.05) is 30.2 Å². The molecule has 0 saturated carbocycles. The first-order valence-corrected chi connectivity index (χ1v) is 7.12. The Bertz CT molecular complexity index is 350. The Morgan fingerprint density at radius 3 is 2.65 bits per heavy atom. The predicted molar refractivity (Wildman–Crippen MR) is 74.9 cm³/mol. The summed E-state index contributed by atoms with van der Waals surface area (Å²) in [5.41, 5.74) is 1.16. The van der Waals surface area contributed by atoms with E-state index < -0.39 is 0 Å². The van der Waals surface area contributed by atoms with Crippen LogP contribution in [0.5, 0.6) is 0 Å². The molecular weight excluding hydrogens is 253 g/mol. The Morgan fingerprint density at radius 1 is 1.29 bits per heavy atom. The molecular formula is C14H19Cl2N. The van der Waals surface area contributed by atoms with Crippen LogP contribution in [0.4, 0.5) is 0 Å². The van der Waals surface area contributed by atoms with Crippen LogP contribution in [0.3, 0.4) is 0 Å². The zero-order chi connectivity index (χ0) is 12.3. The van der Waals surface area contributed by atoms with Crippen molar-refractivity contribution < 1.29 is 0 Å². The Kier molecular flexibility index (Phi) is 4.72. The molecule has 1 saturated heterocycles. The maximum atomic E-state index is 6.47. The average Bonchev–Trinajstić information content (AvgIpc) is 2.33.